The van der Waals surface area contributed by atoms with E-state index in [4.69, 9.17) is 5.73 Å². The molecule has 1 rings (SSSR count). The Kier molecular flexibility index (Phi) is 5.25. The molecule has 0 saturated heterocycles. The van der Waals surface area contributed by atoms with E-state index in [2.05, 4.69) is 36.0 Å². The van der Waals surface area contributed by atoms with Crippen molar-refractivity contribution >= 4 is 5.82 Å². The summed E-state index contributed by atoms with van der Waals surface area (Å²) >= 11 is 0. The van der Waals surface area contributed by atoms with E-state index in [1.807, 2.05) is 4.68 Å². The SMILES string of the molecule is CCCc1c(N)nnn1CCN(CC)CC. The fraction of sp³-hybridized carbons (Fsp3) is 0.818. The van der Waals surface area contributed by atoms with Gasteiger partial charge in [-0.3, -0.25) is 0 Å². The zero-order valence-corrected chi connectivity index (χ0v) is 10.6. The van der Waals surface area contributed by atoms with Crippen LogP contribution in [-0.2, 0) is 13.0 Å². The minimum atomic E-state index is 0.585. The van der Waals surface area contributed by atoms with Crippen LogP contribution >= 0.6 is 0 Å². The van der Waals surface area contributed by atoms with E-state index in [-0.39, 0.29) is 0 Å². The third kappa shape index (κ3) is 3.20. The molecule has 2 N–H and O–H groups in total. The van der Waals surface area contributed by atoms with Crippen LogP contribution in [0.4, 0.5) is 5.82 Å². The zero-order valence-electron chi connectivity index (χ0n) is 10.6. The summed E-state index contributed by atoms with van der Waals surface area (Å²) in [6, 6.07) is 0. The molecule has 0 aliphatic rings. The Balaban J connectivity index is 2.59. The van der Waals surface area contributed by atoms with E-state index in [0.29, 0.717) is 5.82 Å². The second-order valence-corrected chi connectivity index (χ2v) is 3.92. The highest BCUT2D eigenvalue weighted by atomic mass is 15.4. The van der Waals surface area contributed by atoms with Crippen molar-refractivity contribution in [2.24, 2.45) is 0 Å². The maximum Gasteiger partial charge on any atom is 0.169 e. The minimum absolute atomic E-state index is 0.585. The van der Waals surface area contributed by atoms with Crippen LogP contribution in [0.2, 0.25) is 0 Å². The van der Waals surface area contributed by atoms with E-state index in [0.717, 1.165) is 44.7 Å². The highest BCUT2D eigenvalue weighted by Crippen LogP contribution is 2.09. The number of hydrogen-bond acceptors (Lipinski definition) is 4. The van der Waals surface area contributed by atoms with Crippen molar-refractivity contribution in [2.75, 3.05) is 25.4 Å². The lowest BCUT2D eigenvalue weighted by Crippen LogP contribution is -2.27. The molecule has 1 aromatic rings. The molecule has 0 saturated carbocycles. The number of rotatable bonds is 7. The molecular formula is C11H23N5. The van der Waals surface area contributed by atoms with Gasteiger partial charge >= 0.3 is 0 Å². The predicted molar refractivity (Wildman–Crippen MR) is 66.2 cm³/mol. The molecule has 0 unspecified atom stereocenters. The van der Waals surface area contributed by atoms with Gasteiger partial charge in [0.15, 0.2) is 5.82 Å². The highest BCUT2D eigenvalue weighted by molar-refractivity contribution is 5.32. The van der Waals surface area contributed by atoms with Gasteiger partial charge in [-0.1, -0.05) is 32.4 Å². The molecule has 1 heterocycles. The summed E-state index contributed by atoms with van der Waals surface area (Å²) in [6.07, 6.45) is 2.03. The molecule has 0 radical (unpaired) electrons. The standard InChI is InChI=1S/C11H23N5/c1-4-7-10-11(12)13-14-16(10)9-8-15(5-2)6-3/h4-9,12H2,1-3H3. The molecule has 1 aromatic heterocycles. The number of nitrogen functional groups attached to an aromatic ring is 1. The van der Waals surface area contributed by atoms with E-state index in [1.54, 1.807) is 0 Å². The van der Waals surface area contributed by atoms with Crippen LogP contribution in [-0.4, -0.2) is 39.5 Å². The topological polar surface area (TPSA) is 60.0 Å². The van der Waals surface area contributed by atoms with Gasteiger partial charge < -0.3 is 10.6 Å². The monoisotopic (exact) mass is 225 g/mol. The smallest absolute Gasteiger partial charge is 0.169 e. The fourth-order valence-electron chi connectivity index (χ4n) is 1.80. The van der Waals surface area contributed by atoms with Crippen molar-refractivity contribution < 1.29 is 0 Å². The Morgan fingerprint density at radius 1 is 1.25 bits per heavy atom. The number of likely N-dealkylation sites (N-methyl/N-ethyl adjacent to an activating group) is 1. The molecule has 0 aromatic carbocycles. The molecule has 0 atom stereocenters. The summed E-state index contributed by atoms with van der Waals surface area (Å²) in [5.41, 5.74) is 6.87. The second-order valence-electron chi connectivity index (χ2n) is 3.92. The van der Waals surface area contributed by atoms with E-state index in [9.17, 15) is 0 Å². The molecule has 0 amide bonds. The Hall–Kier alpha value is -1.10. The number of aromatic nitrogens is 3. The van der Waals surface area contributed by atoms with Crippen LogP contribution in [0.5, 0.6) is 0 Å². The molecule has 0 bridgehead atoms. The van der Waals surface area contributed by atoms with Crippen molar-refractivity contribution in [3.05, 3.63) is 5.69 Å². The third-order valence-corrected chi connectivity index (χ3v) is 2.88. The molecule has 5 nitrogen and oxygen atoms in total. The summed E-state index contributed by atoms with van der Waals surface area (Å²) in [5, 5.41) is 8.03. The molecule has 0 spiro atoms. The van der Waals surface area contributed by atoms with E-state index in [1.165, 1.54) is 0 Å². The number of nitrogens with zero attached hydrogens (tertiary/aromatic N) is 4. The van der Waals surface area contributed by atoms with Crippen molar-refractivity contribution in [1.82, 2.24) is 19.9 Å². The highest BCUT2D eigenvalue weighted by Gasteiger charge is 2.09. The van der Waals surface area contributed by atoms with E-state index >= 15 is 0 Å². The Morgan fingerprint density at radius 3 is 2.50 bits per heavy atom. The van der Waals surface area contributed by atoms with Gasteiger partial charge in [0.25, 0.3) is 0 Å². The molecule has 16 heavy (non-hydrogen) atoms. The van der Waals surface area contributed by atoms with Gasteiger partial charge in [-0.2, -0.15) is 0 Å². The van der Waals surface area contributed by atoms with Crippen molar-refractivity contribution in [3.8, 4) is 0 Å². The first-order chi connectivity index (χ1) is 7.72. The maximum absolute atomic E-state index is 5.79. The van der Waals surface area contributed by atoms with Gasteiger partial charge in [0.05, 0.1) is 12.2 Å². The lowest BCUT2D eigenvalue weighted by atomic mass is 10.2. The molecule has 0 aliphatic carbocycles. The van der Waals surface area contributed by atoms with Gasteiger partial charge in [-0.05, 0) is 19.5 Å². The summed E-state index contributed by atoms with van der Waals surface area (Å²) < 4.78 is 1.94. The van der Waals surface area contributed by atoms with Crippen LogP contribution < -0.4 is 5.73 Å². The summed E-state index contributed by atoms with van der Waals surface area (Å²) in [6.45, 7) is 10.5. The molecule has 0 fully saturated rings. The fourth-order valence-corrected chi connectivity index (χ4v) is 1.80. The van der Waals surface area contributed by atoms with Crippen molar-refractivity contribution in [2.45, 2.75) is 40.2 Å². The number of anilines is 1. The zero-order chi connectivity index (χ0) is 12.0. The molecule has 0 aliphatic heterocycles. The largest absolute Gasteiger partial charge is 0.381 e. The van der Waals surface area contributed by atoms with Crippen LogP contribution in [0.1, 0.15) is 32.9 Å². The first-order valence-electron chi connectivity index (χ1n) is 6.13. The predicted octanol–water partition coefficient (Wildman–Crippen LogP) is 1.15. The third-order valence-electron chi connectivity index (χ3n) is 2.88. The van der Waals surface area contributed by atoms with Gasteiger partial charge in [0, 0.05) is 6.54 Å². The Labute approximate surface area is 97.6 Å². The average Bonchev–Trinajstić information content (AvgIpc) is 2.63. The quantitative estimate of drug-likeness (QED) is 0.756. The van der Waals surface area contributed by atoms with Crippen molar-refractivity contribution in [1.29, 1.82) is 0 Å². The maximum atomic E-state index is 5.79. The van der Waals surface area contributed by atoms with Crippen LogP contribution in [0.3, 0.4) is 0 Å². The van der Waals surface area contributed by atoms with Gasteiger partial charge in [0.2, 0.25) is 0 Å². The van der Waals surface area contributed by atoms with Crippen LogP contribution in [0, 0.1) is 0 Å². The van der Waals surface area contributed by atoms with Crippen LogP contribution in [0.25, 0.3) is 0 Å². The lowest BCUT2D eigenvalue weighted by Gasteiger charge is -2.18. The summed E-state index contributed by atoms with van der Waals surface area (Å²) in [5.74, 6) is 0.585. The van der Waals surface area contributed by atoms with Gasteiger partial charge in [0.1, 0.15) is 0 Å². The second kappa shape index (κ2) is 6.48. The van der Waals surface area contributed by atoms with Gasteiger partial charge in [-0.15, -0.1) is 5.10 Å². The Bertz CT molecular complexity index is 303. The number of hydrogen-bond donors (Lipinski definition) is 1. The van der Waals surface area contributed by atoms with Crippen LogP contribution in [0.15, 0.2) is 0 Å². The summed E-state index contributed by atoms with van der Waals surface area (Å²) in [7, 11) is 0. The average molecular weight is 225 g/mol. The molecule has 92 valence electrons. The summed E-state index contributed by atoms with van der Waals surface area (Å²) in [4.78, 5) is 2.37. The minimum Gasteiger partial charge on any atom is -0.381 e. The molecule has 5 heteroatoms. The molecular weight excluding hydrogens is 202 g/mol. The van der Waals surface area contributed by atoms with Crippen molar-refractivity contribution in [3.63, 3.8) is 0 Å². The number of nitrogens with two attached hydrogens (primary N) is 1. The first kappa shape index (κ1) is 13.0. The normalized spacial score (nSPS) is 11.2. The first-order valence-corrected chi connectivity index (χ1v) is 6.13. The Morgan fingerprint density at radius 2 is 1.94 bits per heavy atom. The van der Waals surface area contributed by atoms with Gasteiger partial charge in [-0.25, -0.2) is 4.68 Å². The lowest BCUT2D eigenvalue weighted by molar-refractivity contribution is 0.282. The van der Waals surface area contributed by atoms with E-state index < -0.39 is 0 Å².